The summed E-state index contributed by atoms with van der Waals surface area (Å²) < 4.78 is 34.3. The van der Waals surface area contributed by atoms with Crippen molar-refractivity contribution in [3.05, 3.63) is 62.6 Å². The number of hydrogen-bond donors (Lipinski definition) is 2. The van der Waals surface area contributed by atoms with Crippen LogP contribution in [0.3, 0.4) is 0 Å². The van der Waals surface area contributed by atoms with E-state index in [1.54, 1.807) is 18.4 Å². The van der Waals surface area contributed by atoms with Crippen molar-refractivity contribution in [3.8, 4) is 5.75 Å². The minimum absolute atomic E-state index is 0.0431. The fourth-order valence-corrected chi connectivity index (χ4v) is 4.54. The lowest BCUT2D eigenvalue weighted by atomic mass is 10.1. The fourth-order valence-electron chi connectivity index (χ4n) is 4.54. The minimum atomic E-state index is -0.955. The van der Waals surface area contributed by atoms with E-state index in [4.69, 9.17) is 4.74 Å². The van der Waals surface area contributed by atoms with E-state index in [0.717, 1.165) is 6.07 Å². The van der Waals surface area contributed by atoms with E-state index < -0.39 is 40.9 Å². The Morgan fingerprint density at radius 2 is 2.03 bits per heavy atom. The Morgan fingerprint density at radius 3 is 2.69 bits per heavy atom. The highest BCUT2D eigenvalue weighted by Crippen LogP contribution is 2.40. The van der Waals surface area contributed by atoms with Gasteiger partial charge in [0.05, 0.1) is 6.04 Å². The number of rotatable bonds is 6. The number of pyridine rings is 1. The minimum Gasteiger partial charge on any atom is -0.503 e. The number of ether oxygens (including phenoxy) is 1. The summed E-state index contributed by atoms with van der Waals surface area (Å²) in [5.41, 5.74) is -1.01. The molecule has 1 aromatic heterocycles. The normalized spacial score (nSPS) is 19.2. The third-order valence-corrected chi connectivity index (χ3v) is 5.95. The van der Waals surface area contributed by atoms with Gasteiger partial charge in [-0.1, -0.05) is 6.07 Å². The van der Waals surface area contributed by atoms with E-state index in [2.05, 4.69) is 5.32 Å². The lowest BCUT2D eigenvalue weighted by Crippen LogP contribution is -2.52. The number of carbonyl (C=O) groups excluding carboxylic acids is 2. The molecule has 1 aromatic carbocycles. The van der Waals surface area contributed by atoms with Crippen molar-refractivity contribution in [3.63, 3.8) is 0 Å². The first-order chi connectivity index (χ1) is 15.3. The Morgan fingerprint density at radius 1 is 1.28 bits per heavy atom. The molecule has 2 aliphatic heterocycles. The molecule has 0 aliphatic carbocycles. The van der Waals surface area contributed by atoms with E-state index in [0.29, 0.717) is 37.8 Å². The van der Waals surface area contributed by atoms with Gasteiger partial charge in [-0.2, -0.15) is 0 Å². The van der Waals surface area contributed by atoms with Crippen LogP contribution in [0.5, 0.6) is 5.75 Å². The number of nitrogens with one attached hydrogen (secondary N) is 1. The number of amides is 2. The van der Waals surface area contributed by atoms with Gasteiger partial charge in [0.25, 0.3) is 11.8 Å². The van der Waals surface area contributed by atoms with Crippen molar-refractivity contribution >= 4 is 11.8 Å². The molecule has 2 atom stereocenters. The van der Waals surface area contributed by atoms with Gasteiger partial charge in [-0.05, 0) is 32.8 Å². The molecule has 8 nitrogen and oxygen atoms in total. The first-order valence-electron chi connectivity index (χ1n) is 10.4. The van der Waals surface area contributed by atoms with Gasteiger partial charge in [0.15, 0.2) is 17.7 Å². The summed E-state index contributed by atoms with van der Waals surface area (Å²) in [5, 5.41) is 13.1. The standard InChI is InChI=1S/C22H23F2N3O5/c1-3-26-21(31)17-19(29)18(28)16(14-7-8-15(27(14)17)22(26)32-4-2)20(30)25-10-11-5-6-12(23)9-13(11)24/h5-6,9,15,22,29H,3-4,7-8,10H2,1-2H3,(H,25,30). The molecule has 0 spiro atoms. The number of carbonyl (C=O) groups is 2. The monoisotopic (exact) mass is 447 g/mol. The van der Waals surface area contributed by atoms with Gasteiger partial charge in [0.2, 0.25) is 5.43 Å². The first kappa shape index (κ1) is 21.9. The number of likely N-dealkylation sites (N-methyl/N-ethyl adjacent to an activating group) is 1. The zero-order chi connectivity index (χ0) is 23.2. The Hall–Kier alpha value is -3.27. The molecule has 0 radical (unpaired) electrons. The van der Waals surface area contributed by atoms with Crippen LogP contribution in [0.1, 0.15) is 58.4 Å². The van der Waals surface area contributed by atoms with Crippen LogP contribution in [0.15, 0.2) is 23.0 Å². The average Bonchev–Trinajstić information content (AvgIpc) is 3.17. The number of hydrogen-bond acceptors (Lipinski definition) is 5. The van der Waals surface area contributed by atoms with Gasteiger partial charge >= 0.3 is 0 Å². The van der Waals surface area contributed by atoms with Crippen LogP contribution in [-0.4, -0.2) is 45.8 Å². The molecule has 4 rings (SSSR count). The average molecular weight is 447 g/mol. The Kier molecular flexibility index (Phi) is 5.72. The molecule has 170 valence electrons. The smallest absolute Gasteiger partial charge is 0.276 e. The molecular formula is C22H23F2N3O5. The molecule has 0 fully saturated rings. The molecule has 2 unspecified atom stereocenters. The van der Waals surface area contributed by atoms with E-state index >= 15 is 0 Å². The summed E-state index contributed by atoms with van der Waals surface area (Å²) in [7, 11) is 0. The Labute approximate surface area is 182 Å². The van der Waals surface area contributed by atoms with Crippen LogP contribution in [0.2, 0.25) is 0 Å². The number of halogens is 2. The summed E-state index contributed by atoms with van der Waals surface area (Å²) in [6.45, 7) is 3.99. The molecule has 32 heavy (non-hydrogen) atoms. The molecule has 3 heterocycles. The maximum absolute atomic E-state index is 13.9. The molecule has 10 heteroatoms. The van der Waals surface area contributed by atoms with Gasteiger partial charge in [0, 0.05) is 37.0 Å². The molecule has 0 saturated heterocycles. The quantitative estimate of drug-likeness (QED) is 0.706. The maximum Gasteiger partial charge on any atom is 0.276 e. The van der Waals surface area contributed by atoms with Crippen molar-refractivity contribution in [2.45, 2.75) is 45.5 Å². The van der Waals surface area contributed by atoms with E-state index in [-0.39, 0.29) is 29.4 Å². The molecular weight excluding hydrogens is 424 g/mol. The topological polar surface area (TPSA) is 101 Å². The Bertz CT molecular complexity index is 1160. The number of nitrogens with zero attached hydrogens (tertiary/aromatic N) is 2. The highest BCUT2D eigenvalue weighted by Gasteiger charge is 2.46. The van der Waals surface area contributed by atoms with Gasteiger partial charge in [-0.3, -0.25) is 14.4 Å². The SMILES string of the molecule is CCOC1C2CCc3c(C(=O)NCc4ccc(F)cc4F)c(=O)c(O)c(n32)C(=O)N1CC. The van der Waals surface area contributed by atoms with E-state index in [9.17, 15) is 28.3 Å². The van der Waals surface area contributed by atoms with Gasteiger partial charge < -0.3 is 24.6 Å². The van der Waals surface area contributed by atoms with Crippen molar-refractivity contribution in [1.82, 2.24) is 14.8 Å². The van der Waals surface area contributed by atoms with Crippen molar-refractivity contribution < 1.29 is 28.2 Å². The lowest BCUT2D eigenvalue weighted by Gasteiger charge is -2.41. The molecule has 2 aromatic rings. The predicted molar refractivity (Wildman–Crippen MR) is 109 cm³/mol. The van der Waals surface area contributed by atoms with Crippen molar-refractivity contribution in [2.24, 2.45) is 0 Å². The summed E-state index contributed by atoms with van der Waals surface area (Å²) in [6, 6.07) is 2.60. The van der Waals surface area contributed by atoms with Gasteiger partial charge in [0.1, 0.15) is 17.2 Å². The first-order valence-corrected chi connectivity index (χ1v) is 10.4. The van der Waals surface area contributed by atoms with Crippen molar-refractivity contribution in [2.75, 3.05) is 13.2 Å². The van der Waals surface area contributed by atoms with Crippen LogP contribution in [0.25, 0.3) is 0 Å². The molecule has 2 amide bonds. The fraction of sp³-hybridized carbons (Fsp3) is 0.409. The molecule has 0 saturated carbocycles. The largest absolute Gasteiger partial charge is 0.503 e. The highest BCUT2D eigenvalue weighted by molar-refractivity contribution is 6.00. The van der Waals surface area contributed by atoms with Crippen LogP contribution < -0.4 is 10.7 Å². The third kappa shape index (κ3) is 3.35. The second kappa shape index (κ2) is 8.34. The Balaban J connectivity index is 1.74. The zero-order valence-corrected chi connectivity index (χ0v) is 17.7. The predicted octanol–water partition coefficient (Wildman–Crippen LogP) is 2.09. The van der Waals surface area contributed by atoms with Crippen molar-refractivity contribution in [1.29, 1.82) is 0 Å². The van der Waals surface area contributed by atoms with Crippen LogP contribution >= 0.6 is 0 Å². The molecule has 2 aliphatic rings. The zero-order valence-electron chi connectivity index (χ0n) is 17.7. The van der Waals surface area contributed by atoms with E-state index in [1.807, 2.05) is 0 Å². The van der Waals surface area contributed by atoms with Crippen LogP contribution in [0, 0.1) is 11.6 Å². The van der Waals surface area contributed by atoms with Crippen LogP contribution in [0.4, 0.5) is 8.78 Å². The summed E-state index contributed by atoms with van der Waals surface area (Å²) >= 11 is 0. The molecule has 0 bridgehead atoms. The molecule has 2 N–H and O–H groups in total. The second-order valence-electron chi connectivity index (χ2n) is 7.68. The summed E-state index contributed by atoms with van der Waals surface area (Å²) in [6.07, 6.45) is 0.254. The van der Waals surface area contributed by atoms with Gasteiger partial charge in [-0.25, -0.2) is 8.78 Å². The lowest BCUT2D eigenvalue weighted by molar-refractivity contribution is -0.0754. The van der Waals surface area contributed by atoms with E-state index in [1.165, 1.54) is 11.0 Å². The number of aromatic hydroxyl groups is 1. The maximum atomic E-state index is 13.9. The van der Waals surface area contributed by atoms with Crippen LogP contribution in [-0.2, 0) is 17.7 Å². The number of aromatic nitrogens is 1. The summed E-state index contributed by atoms with van der Waals surface area (Å²) in [4.78, 5) is 40.3. The third-order valence-electron chi connectivity index (χ3n) is 5.95. The van der Waals surface area contributed by atoms with Gasteiger partial charge in [-0.15, -0.1) is 0 Å². The second-order valence-corrected chi connectivity index (χ2v) is 7.68. The summed E-state index contributed by atoms with van der Waals surface area (Å²) in [5.74, 6) is -3.72. The number of benzene rings is 1. The highest BCUT2D eigenvalue weighted by atomic mass is 19.1.